The van der Waals surface area contributed by atoms with Gasteiger partial charge in [0.25, 0.3) is 0 Å². The second-order valence-electron chi connectivity index (χ2n) is 13.7. The van der Waals surface area contributed by atoms with Gasteiger partial charge in [-0.15, -0.1) is 0 Å². The van der Waals surface area contributed by atoms with Crippen molar-refractivity contribution in [1.82, 2.24) is 0 Å². The standard InChI is InChI=1S/C49H31N/c1-2-12-32-27-36(24-21-31(32)11-1)50-30-35-13-3-4-14-37(35)45-28-34(23-26-47(45)50)33-22-25-41-40-17-7-9-19-43(40)48-42-18-8-5-15-38(42)39-16-6-10-20-44(39)49(48)46(41)29-33/h1-29H,30H2. The second kappa shape index (κ2) is 10.5. The molecule has 0 saturated heterocycles. The van der Waals surface area contributed by atoms with E-state index in [0.717, 1.165) is 6.54 Å². The lowest BCUT2D eigenvalue weighted by Crippen LogP contribution is -2.21. The van der Waals surface area contributed by atoms with Crippen LogP contribution in [-0.4, -0.2) is 0 Å². The quantitative estimate of drug-likeness (QED) is 0.171. The minimum absolute atomic E-state index is 0.844. The van der Waals surface area contributed by atoms with E-state index in [4.69, 9.17) is 0 Å². The first-order valence-electron chi connectivity index (χ1n) is 17.5. The summed E-state index contributed by atoms with van der Waals surface area (Å²) in [4.78, 5) is 2.48. The Morgan fingerprint density at radius 1 is 0.340 bits per heavy atom. The SMILES string of the molecule is c1ccc2c(c1)CN(c1ccc3ccccc3c1)c1ccc(-c3ccc4c5ccccc5c5c6ccccc6c6ccccc6c5c4c3)cc1-2. The Morgan fingerprint density at radius 2 is 0.880 bits per heavy atom. The third kappa shape index (κ3) is 3.95. The molecule has 1 nitrogen and oxygen atoms in total. The van der Waals surface area contributed by atoms with E-state index < -0.39 is 0 Å². The third-order valence-electron chi connectivity index (χ3n) is 11.0. The molecule has 0 atom stereocenters. The van der Waals surface area contributed by atoms with Crippen molar-refractivity contribution >= 4 is 76.0 Å². The van der Waals surface area contributed by atoms with Gasteiger partial charge in [0, 0.05) is 23.5 Å². The molecule has 0 aliphatic carbocycles. The number of anilines is 2. The van der Waals surface area contributed by atoms with Crippen LogP contribution in [0.1, 0.15) is 5.56 Å². The fourth-order valence-corrected chi connectivity index (χ4v) is 8.72. The normalized spacial score (nSPS) is 12.7. The van der Waals surface area contributed by atoms with Crippen molar-refractivity contribution in [3.05, 3.63) is 181 Å². The van der Waals surface area contributed by atoms with Crippen LogP contribution in [0.25, 0.3) is 86.9 Å². The van der Waals surface area contributed by atoms with Crippen molar-refractivity contribution in [3.63, 3.8) is 0 Å². The number of hydrogen-bond acceptors (Lipinski definition) is 1. The molecule has 50 heavy (non-hydrogen) atoms. The molecule has 0 N–H and O–H groups in total. The van der Waals surface area contributed by atoms with Gasteiger partial charge in [0.1, 0.15) is 0 Å². The average Bonchev–Trinajstić information content (AvgIpc) is 3.19. The van der Waals surface area contributed by atoms with Gasteiger partial charge in [0.05, 0.1) is 0 Å². The van der Waals surface area contributed by atoms with Crippen molar-refractivity contribution in [1.29, 1.82) is 0 Å². The molecule has 0 fully saturated rings. The molecule has 11 rings (SSSR count). The molecule has 0 amide bonds. The molecule has 1 aliphatic rings. The first-order valence-corrected chi connectivity index (χ1v) is 17.5. The van der Waals surface area contributed by atoms with Crippen LogP contribution in [0.15, 0.2) is 176 Å². The Kier molecular flexibility index (Phi) is 5.79. The molecule has 0 spiro atoms. The molecule has 0 radical (unpaired) electrons. The van der Waals surface area contributed by atoms with Crippen LogP contribution < -0.4 is 4.90 Å². The number of benzene rings is 10. The van der Waals surface area contributed by atoms with Crippen LogP contribution in [0.3, 0.4) is 0 Å². The predicted molar refractivity (Wildman–Crippen MR) is 215 cm³/mol. The Hall–Kier alpha value is -6.44. The van der Waals surface area contributed by atoms with E-state index in [1.807, 2.05) is 0 Å². The average molecular weight is 634 g/mol. The van der Waals surface area contributed by atoms with Crippen LogP contribution >= 0.6 is 0 Å². The lowest BCUT2D eigenvalue weighted by atomic mass is 9.86. The van der Waals surface area contributed by atoms with Crippen molar-refractivity contribution in [2.45, 2.75) is 6.54 Å². The number of nitrogens with zero attached hydrogens (tertiary/aromatic N) is 1. The molecule has 0 unspecified atom stereocenters. The maximum atomic E-state index is 2.48. The highest BCUT2D eigenvalue weighted by molar-refractivity contribution is 6.39. The molecular formula is C49H31N. The molecular weight excluding hydrogens is 603 g/mol. The highest BCUT2D eigenvalue weighted by Gasteiger charge is 2.24. The molecule has 232 valence electrons. The van der Waals surface area contributed by atoms with Crippen molar-refractivity contribution in [3.8, 4) is 22.3 Å². The first kappa shape index (κ1) is 27.5. The smallest absolute Gasteiger partial charge is 0.0494 e. The second-order valence-corrected chi connectivity index (χ2v) is 13.7. The van der Waals surface area contributed by atoms with E-state index in [1.54, 1.807) is 0 Å². The molecule has 10 aromatic rings. The molecule has 1 heteroatoms. The van der Waals surface area contributed by atoms with Crippen LogP contribution in [-0.2, 0) is 6.54 Å². The van der Waals surface area contributed by atoms with E-state index in [-0.39, 0.29) is 0 Å². The van der Waals surface area contributed by atoms with Crippen LogP contribution in [0.5, 0.6) is 0 Å². The number of fused-ring (bicyclic) bond motifs is 15. The minimum atomic E-state index is 0.844. The molecule has 0 bridgehead atoms. The zero-order valence-electron chi connectivity index (χ0n) is 27.4. The predicted octanol–water partition coefficient (Wildman–Crippen LogP) is 13.6. The van der Waals surface area contributed by atoms with Gasteiger partial charge in [-0.25, -0.2) is 0 Å². The summed E-state index contributed by atoms with van der Waals surface area (Å²) in [5.74, 6) is 0. The maximum absolute atomic E-state index is 2.48. The Labute approximate surface area is 290 Å². The summed E-state index contributed by atoms with van der Waals surface area (Å²) in [7, 11) is 0. The fourth-order valence-electron chi connectivity index (χ4n) is 8.72. The van der Waals surface area contributed by atoms with Crippen LogP contribution in [0.2, 0.25) is 0 Å². The number of rotatable bonds is 2. The zero-order valence-corrected chi connectivity index (χ0v) is 27.4. The van der Waals surface area contributed by atoms with Crippen molar-refractivity contribution < 1.29 is 0 Å². The Bertz CT molecular complexity index is 3010. The third-order valence-corrected chi connectivity index (χ3v) is 11.0. The van der Waals surface area contributed by atoms with E-state index >= 15 is 0 Å². The summed E-state index contributed by atoms with van der Waals surface area (Å²) in [6.07, 6.45) is 0. The van der Waals surface area contributed by atoms with Gasteiger partial charge in [-0.2, -0.15) is 0 Å². The highest BCUT2D eigenvalue weighted by Crippen LogP contribution is 2.47. The molecule has 1 aliphatic heterocycles. The molecule has 10 aromatic carbocycles. The van der Waals surface area contributed by atoms with Crippen molar-refractivity contribution in [2.24, 2.45) is 0 Å². The lowest BCUT2D eigenvalue weighted by molar-refractivity contribution is 0.962. The van der Waals surface area contributed by atoms with Crippen LogP contribution in [0.4, 0.5) is 11.4 Å². The summed E-state index contributed by atoms with van der Waals surface area (Å²) in [5, 5.41) is 15.6. The van der Waals surface area contributed by atoms with Gasteiger partial charge in [0.2, 0.25) is 0 Å². The van der Waals surface area contributed by atoms with E-state index in [1.165, 1.54) is 104 Å². The largest absolute Gasteiger partial charge is 0.336 e. The summed E-state index contributed by atoms with van der Waals surface area (Å²) >= 11 is 0. The zero-order chi connectivity index (χ0) is 32.8. The summed E-state index contributed by atoms with van der Waals surface area (Å²) in [6.45, 7) is 0.844. The van der Waals surface area contributed by atoms with E-state index in [0.29, 0.717) is 0 Å². The van der Waals surface area contributed by atoms with Gasteiger partial charge in [0.15, 0.2) is 0 Å². The fraction of sp³-hybridized carbons (Fsp3) is 0.0204. The first-order chi connectivity index (χ1) is 24.8. The highest BCUT2D eigenvalue weighted by atomic mass is 15.1. The molecule has 0 aromatic heterocycles. The van der Waals surface area contributed by atoms with Gasteiger partial charge in [-0.05, 0) is 117 Å². The van der Waals surface area contributed by atoms with Gasteiger partial charge < -0.3 is 4.90 Å². The topological polar surface area (TPSA) is 3.24 Å². The summed E-state index contributed by atoms with van der Waals surface area (Å²) in [5.41, 5.74) is 8.86. The number of hydrogen-bond donors (Lipinski definition) is 0. The van der Waals surface area contributed by atoms with Gasteiger partial charge in [-0.1, -0.05) is 146 Å². The summed E-state index contributed by atoms with van der Waals surface area (Å²) < 4.78 is 0. The van der Waals surface area contributed by atoms with Gasteiger partial charge in [-0.3, -0.25) is 0 Å². The lowest BCUT2D eigenvalue weighted by Gasteiger charge is -2.33. The van der Waals surface area contributed by atoms with Gasteiger partial charge >= 0.3 is 0 Å². The van der Waals surface area contributed by atoms with E-state index in [9.17, 15) is 0 Å². The molecule has 1 heterocycles. The van der Waals surface area contributed by atoms with E-state index in [2.05, 4.69) is 181 Å². The Morgan fingerprint density at radius 3 is 1.60 bits per heavy atom. The molecule has 0 saturated carbocycles. The van der Waals surface area contributed by atoms with Crippen LogP contribution in [0, 0.1) is 0 Å². The van der Waals surface area contributed by atoms with Crippen molar-refractivity contribution in [2.75, 3.05) is 4.90 Å². The monoisotopic (exact) mass is 633 g/mol. The summed E-state index contributed by atoms with van der Waals surface area (Å²) in [6, 6.07) is 65.4. The minimum Gasteiger partial charge on any atom is -0.336 e. The maximum Gasteiger partial charge on any atom is 0.0494 e. The Balaban J connectivity index is 1.17.